The second-order valence-electron chi connectivity index (χ2n) is 5.87. The third kappa shape index (κ3) is 4.96. The molecule has 3 rings (SSSR count). The van der Waals surface area contributed by atoms with Gasteiger partial charge in [0, 0.05) is 58.0 Å². The van der Waals surface area contributed by atoms with E-state index in [2.05, 4.69) is 35.2 Å². The number of aromatic nitrogens is 4. The van der Waals surface area contributed by atoms with Crippen molar-refractivity contribution in [2.24, 2.45) is 0 Å². The Morgan fingerprint density at radius 2 is 2.00 bits per heavy atom. The van der Waals surface area contributed by atoms with E-state index >= 15 is 0 Å². The fourth-order valence-corrected chi connectivity index (χ4v) is 2.67. The summed E-state index contributed by atoms with van der Waals surface area (Å²) in [7, 11) is 0. The third-order valence-electron chi connectivity index (χ3n) is 4.06. The maximum absolute atomic E-state index is 12.1. The van der Waals surface area contributed by atoms with Crippen molar-refractivity contribution >= 4 is 11.9 Å². The van der Waals surface area contributed by atoms with E-state index in [0.717, 1.165) is 38.5 Å². The van der Waals surface area contributed by atoms with Gasteiger partial charge in [0.05, 0.1) is 6.54 Å². The van der Waals surface area contributed by atoms with Crippen LogP contribution in [-0.2, 0) is 17.6 Å². The number of anilines is 1. The molecule has 2 aromatic heterocycles. The minimum atomic E-state index is 0.0172. The van der Waals surface area contributed by atoms with Crippen molar-refractivity contribution in [2.45, 2.75) is 19.8 Å². The maximum Gasteiger partial charge on any atom is 0.234 e. The number of amides is 1. The van der Waals surface area contributed by atoms with Crippen molar-refractivity contribution in [3.8, 4) is 0 Å². The first-order valence-electron chi connectivity index (χ1n) is 8.57. The zero-order chi connectivity index (χ0) is 17.5. The number of hydrogen-bond acceptors (Lipinski definition) is 8. The first-order valence-corrected chi connectivity index (χ1v) is 8.57. The Kier molecular flexibility index (Phi) is 5.89. The number of aryl methyl sites for hydroxylation is 1. The molecule has 1 aliphatic heterocycles. The zero-order valence-corrected chi connectivity index (χ0v) is 14.4. The van der Waals surface area contributed by atoms with E-state index in [4.69, 9.17) is 4.52 Å². The first-order chi connectivity index (χ1) is 12.2. The number of piperazine rings is 1. The summed E-state index contributed by atoms with van der Waals surface area (Å²) in [6.07, 6.45) is 4.79. The van der Waals surface area contributed by atoms with Crippen LogP contribution in [0.2, 0.25) is 0 Å². The van der Waals surface area contributed by atoms with Gasteiger partial charge in [0.25, 0.3) is 0 Å². The minimum Gasteiger partial charge on any atom is -0.355 e. The van der Waals surface area contributed by atoms with Crippen LogP contribution in [0.15, 0.2) is 23.0 Å². The second-order valence-corrected chi connectivity index (χ2v) is 5.87. The summed E-state index contributed by atoms with van der Waals surface area (Å²) in [5.41, 5.74) is 0. The molecule has 3 heterocycles. The Hall–Kier alpha value is -2.55. The molecular weight excluding hydrogens is 322 g/mol. The molecule has 0 aromatic carbocycles. The summed E-state index contributed by atoms with van der Waals surface area (Å²) in [5, 5.41) is 6.78. The Labute approximate surface area is 146 Å². The predicted molar refractivity (Wildman–Crippen MR) is 91.1 cm³/mol. The lowest BCUT2D eigenvalue weighted by molar-refractivity contribution is -0.122. The molecule has 1 amide bonds. The maximum atomic E-state index is 12.1. The van der Waals surface area contributed by atoms with E-state index in [1.165, 1.54) is 0 Å². The molecule has 25 heavy (non-hydrogen) atoms. The fourth-order valence-electron chi connectivity index (χ4n) is 2.67. The summed E-state index contributed by atoms with van der Waals surface area (Å²) in [5.74, 6) is 2.03. The monoisotopic (exact) mass is 345 g/mol. The molecule has 1 saturated heterocycles. The van der Waals surface area contributed by atoms with Crippen molar-refractivity contribution < 1.29 is 9.32 Å². The topological polar surface area (TPSA) is 100 Å². The van der Waals surface area contributed by atoms with Crippen molar-refractivity contribution in [1.29, 1.82) is 0 Å². The van der Waals surface area contributed by atoms with Crippen molar-refractivity contribution in [3.63, 3.8) is 0 Å². The minimum absolute atomic E-state index is 0.0172. The van der Waals surface area contributed by atoms with Crippen LogP contribution in [-0.4, -0.2) is 70.2 Å². The fraction of sp³-hybridized carbons (Fsp3) is 0.562. The van der Waals surface area contributed by atoms with Gasteiger partial charge in [-0.05, 0) is 6.07 Å². The lowest BCUT2D eigenvalue weighted by Gasteiger charge is -2.34. The van der Waals surface area contributed by atoms with Gasteiger partial charge in [0.15, 0.2) is 5.82 Å². The van der Waals surface area contributed by atoms with E-state index in [1.807, 2.05) is 13.0 Å². The molecule has 1 fully saturated rings. The molecule has 0 radical (unpaired) electrons. The Morgan fingerprint density at radius 1 is 1.24 bits per heavy atom. The predicted octanol–water partition coefficient (Wildman–Crippen LogP) is -0.0971. The third-order valence-corrected chi connectivity index (χ3v) is 4.06. The Balaban J connectivity index is 1.35. The van der Waals surface area contributed by atoms with Crippen LogP contribution in [0.5, 0.6) is 0 Å². The van der Waals surface area contributed by atoms with E-state index < -0.39 is 0 Å². The molecule has 1 N–H and O–H groups in total. The number of nitrogens with zero attached hydrogens (tertiary/aromatic N) is 6. The summed E-state index contributed by atoms with van der Waals surface area (Å²) in [6.45, 7) is 6.14. The molecule has 0 unspecified atom stereocenters. The van der Waals surface area contributed by atoms with Crippen LogP contribution < -0.4 is 10.2 Å². The van der Waals surface area contributed by atoms with Crippen LogP contribution >= 0.6 is 0 Å². The number of nitrogens with one attached hydrogen (secondary N) is 1. The summed E-state index contributed by atoms with van der Waals surface area (Å²) in [6, 6.07) is 1.81. The smallest absolute Gasteiger partial charge is 0.234 e. The molecule has 134 valence electrons. The van der Waals surface area contributed by atoms with Crippen molar-refractivity contribution in [3.05, 3.63) is 30.2 Å². The van der Waals surface area contributed by atoms with Gasteiger partial charge < -0.3 is 14.7 Å². The average molecular weight is 345 g/mol. The van der Waals surface area contributed by atoms with Gasteiger partial charge in [0.1, 0.15) is 0 Å². The Morgan fingerprint density at radius 3 is 2.68 bits per heavy atom. The van der Waals surface area contributed by atoms with E-state index in [1.54, 1.807) is 12.4 Å². The zero-order valence-electron chi connectivity index (χ0n) is 14.4. The van der Waals surface area contributed by atoms with Gasteiger partial charge in [-0.15, -0.1) is 0 Å². The van der Waals surface area contributed by atoms with Gasteiger partial charge in [-0.25, -0.2) is 9.97 Å². The highest BCUT2D eigenvalue weighted by atomic mass is 16.5. The van der Waals surface area contributed by atoms with Crippen LogP contribution in [0.3, 0.4) is 0 Å². The van der Waals surface area contributed by atoms with Crippen LogP contribution in [0.1, 0.15) is 18.6 Å². The second kappa shape index (κ2) is 8.52. The highest BCUT2D eigenvalue weighted by Gasteiger charge is 2.20. The average Bonchev–Trinajstić information content (AvgIpc) is 3.11. The molecule has 9 heteroatoms. The van der Waals surface area contributed by atoms with E-state index in [-0.39, 0.29) is 5.91 Å². The standard InChI is InChI=1S/C16H23N7O2/c1-2-15-20-13(21-25-15)4-7-17-14(24)12-22-8-10-23(11-9-22)16-18-5-3-6-19-16/h3,5-6H,2,4,7-12H2,1H3,(H,17,24). The summed E-state index contributed by atoms with van der Waals surface area (Å²) >= 11 is 0. The quantitative estimate of drug-likeness (QED) is 0.743. The summed E-state index contributed by atoms with van der Waals surface area (Å²) in [4.78, 5) is 29.1. The number of carbonyl (C=O) groups excluding carboxylic acids is 1. The lowest BCUT2D eigenvalue weighted by atomic mass is 10.3. The largest absolute Gasteiger partial charge is 0.355 e. The molecule has 0 aliphatic carbocycles. The van der Waals surface area contributed by atoms with Gasteiger partial charge >= 0.3 is 0 Å². The van der Waals surface area contributed by atoms with Gasteiger partial charge in [-0.2, -0.15) is 4.98 Å². The number of carbonyl (C=O) groups is 1. The molecule has 0 saturated carbocycles. The first kappa shape index (κ1) is 17.3. The van der Waals surface area contributed by atoms with E-state index in [9.17, 15) is 4.79 Å². The molecule has 0 spiro atoms. The van der Waals surface area contributed by atoms with Gasteiger partial charge in [0.2, 0.25) is 17.7 Å². The molecule has 1 aliphatic rings. The normalized spacial score (nSPS) is 15.3. The number of rotatable bonds is 7. The van der Waals surface area contributed by atoms with Crippen LogP contribution in [0, 0.1) is 0 Å². The van der Waals surface area contributed by atoms with Crippen LogP contribution in [0.25, 0.3) is 0 Å². The number of hydrogen-bond donors (Lipinski definition) is 1. The lowest BCUT2D eigenvalue weighted by Crippen LogP contribution is -2.50. The SMILES string of the molecule is CCc1nc(CCNC(=O)CN2CCN(c3ncccn3)CC2)no1. The molecule has 0 atom stereocenters. The molecule has 2 aromatic rings. The highest BCUT2D eigenvalue weighted by molar-refractivity contribution is 5.78. The van der Waals surface area contributed by atoms with Gasteiger partial charge in [-0.1, -0.05) is 12.1 Å². The Bertz CT molecular complexity index is 668. The summed E-state index contributed by atoms with van der Waals surface area (Å²) < 4.78 is 5.04. The molecular formula is C16H23N7O2. The van der Waals surface area contributed by atoms with Crippen LogP contribution in [0.4, 0.5) is 5.95 Å². The van der Waals surface area contributed by atoms with Crippen molar-refractivity contribution in [1.82, 2.24) is 30.3 Å². The molecule has 9 nitrogen and oxygen atoms in total. The highest BCUT2D eigenvalue weighted by Crippen LogP contribution is 2.09. The van der Waals surface area contributed by atoms with Crippen molar-refractivity contribution in [2.75, 3.05) is 44.2 Å². The molecule has 0 bridgehead atoms. The van der Waals surface area contributed by atoms with E-state index in [0.29, 0.717) is 31.2 Å². The van der Waals surface area contributed by atoms with Gasteiger partial charge in [-0.3, -0.25) is 9.69 Å².